The quantitative estimate of drug-likeness (QED) is 0.905. The summed E-state index contributed by atoms with van der Waals surface area (Å²) in [5.41, 5.74) is 5.50. The number of nitrogens with one attached hydrogen (secondary N) is 1. The van der Waals surface area contributed by atoms with Crippen molar-refractivity contribution < 1.29 is 4.74 Å². The van der Waals surface area contributed by atoms with Crippen molar-refractivity contribution in [2.45, 2.75) is 38.6 Å². The van der Waals surface area contributed by atoms with Crippen molar-refractivity contribution in [3.05, 3.63) is 59.2 Å². The molecule has 2 heteroatoms. The number of ether oxygens (including phenoxy) is 1. The van der Waals surface area contributed by atoms with Gasteiger partial charge in [0, 0.05) is 11.7 Å². The van der Waals surface area contributed by atoms with Gasteiger partial charge in [-0.05, 0) is 66.6 Å². The summed E-state index contributed by atoms with van der Waals surface area (Å²) in [6.45, 7) is 2.19. The van der Waals surface area contributed by atoms with Crippen molar-refractivity contribution in [2.75, 3.05) is 12.4 Å². The molecule has 2 nitrogen and oxygen atoms in total. The molecule has 0 bridgehead atoms. The zero-order valence-electron chi connectivity index (χ0n) is 12.9. The Morgan fingerprint density at radius 1 is 1.10 bits per heavy atom. The number of benzene rings is 2. The van der Waals surface area contributed by atoms with Crippen LogP contribution in [-0.4, -0.2) is 13.2 Å². The smallest absolute Gasteiger partial charge is 0.119 e. The third kappa shape index (κ3) is 3.21. The molecule has 0 heterocycles. The van der Waals surface area contributed by atoms with E-state index in [0.29, 0.717) is 6.04 Å². The molecular weight excluding hydrogens is 258 g/mol. The molecule has 2 aromatic rings. The molecule has 1 N–H and O–H groups in total. The highest BCUT2D eigenvalue weighted by Crippen LogP contribution is 2.27. The van der Waals surface area contributed by atoms with E-state index in [1.54, 1.807) is 7.11 Å². The molecule has 0 saturated carbocycles. The number of hydrogen-bond acceptors (Lipinski definition) is 2. The van der Waals surface area contributed by atoms with Gasteiger partial charge in [-0.2, -0.15) is 0 Å². The van der Waals surface area contributed by atoms with Crippen molar-refractivity contribution in [1.82, 2.24) is 0 Å². The lowest BCUT2D eigenvalue weighted by atomic mass is 9.88. The van der Waals surface area contributed by atoms with Gasteiger partial charge in [-0.1, -0.05) is 25.1 Å². The molecule has 0 amide bonds. The van der Waals surface area contributed by atoms with Crippen LogP contribution in [0.15, 0.2) is 42.5 Å². The zero-order valence-corrected chi connectivity index (χ0v) is 12.9. The lowest BCUT2D eigenvalue weighted by molar-refractivity contribution is 0.413. The number of methoxy groups -OCH3 is 1. The van der Waals surface area contributed by atoms with Crippen molar-refractivity contribution in [3.8, 4) is 5.75 Å². The molecule has 21 heavy (non-hydrogen) atoms. The van der Waals surface area contributed by atoms with Gasteiger partial charge in [0.1, 0.15) is 5.75 Å². The first-order valence-corrected chi connectivity index (χ1v) is 7.79. The Bertz CT molecular complexity index is 603. The minimum absolute atomic E-state index is 0.511. The molecule has 0 radical (unpaired) electrons. The van der Waals surface area contributed by atoms with E-state index in [1.807, 2.05) is 0 Å². The molecule has 0 saturated heterocycles. The first-order valence-electron chi connectivity index (χ1n) is 7.79. The summed E-state index contributed by atoms with van der Waals surface area (Å²) < 4.78 is 5.34. The number of fused-ring (bicyclic) bond motifs is 1. The Morgan fingerprint density at radius 2 is 1.90 bits per heavy atom. The average molecular weight is 281 g/mol. The van der Waals surface area contributed by atoms with E-state index in [0.717, 1.165) is 25.0 Å². The molecule has 0 aromatic heterocycles. The third-order valence-corrected chi connectivity index (χ3v) is 4.37. The number of anilines is 1. The Morgan fingerprint density at radius 3 is 2.62 bits per heavy atom. The van der Waals surface area contributed by atoms with Gasteiger partial charge in [-0.25, -0.2) is 0 Å². The topological polar surface area (TPSA) is 21.3 Å². The highest BCUT2D eigenvalue weighted by atomic mass is 16.5. The van der Waals surface area contributed by atoms with Gasteiger partial charge in [0.2, 0.25) is 0 Å². The minimum Gasteiger partial charge on any atom is -0.497 e. The second-order valence-corrected chi connectivity index (χ2v) is 5.77. The number of rotatable bonds is 4. The predicted molar refractivity (Wildman–Crippen MR) is 88.2 cm³/mol. The van der Waals surface area contributed by atoms with E-state index in [-0.39, 0.29) is 0 Å². The van der Waals surface area contributed by atoms with Gasteiger partial charge in [0.15, 0.2) is 0 Å². The molecule has 1 aliphatic carbocycles. The largest absolute Gasteiger partial charge is 0.497 e. The number of hydrogen-bond donors (Lipinski definition) is 1. The molecular formula is C19H23NO. The van der Waals surface area contributed by atoms with E-state index in [1.165, 1.54) is 28.8 Å². The standard InChI is InChI=1S/C19H23NO/c1-3-14-4-8-17(9-5-14)20-18-10-6-15-7-11-19(21-2)13-16(15)12-18/h4-5,7-9,11,13,18,20H,3,6,10,12H2,1-2H3. The van der Waals surface area contributed by atoms with Gasteiger partial charge in [-0.15, -0.1) is 0 Å². The fourth-order valence-corrected chi connectivity index (χ4v) is 3.06. The lowest BCUT2D eigenvalue weighted by Gasteiger charge is -2.26. The van der Waals surface area contributed by atoms with Crippen molar-refractivity contribution in [2.24, 2.45) is 0 Å². The molecule has 1 unspecified atom stereocenters. The average Bonchev–Trinajstić information content (AvgIpc) is 2.55. The van der Waals surface area contributed by atoms with Gasteiger partial charge >= 0.3 is 0 Å². The Labute approximate surface area is 127 Å². The molecule has 1 atom stereocenters. The van der Waals surface area contributed by atoms with Gasteiger partial charge in [-0.3, -0.25) is 0 Å². The third-order valence-electron chi connectivity index (χ3n) is 4.37. The van der Waals surface area contributed by atoms with Gasteiger partial charge in [0.05, 0.1) is 7.11 Å². The van der Waals surface area contributed by atoms with E-state index in [4.69, 9.17) is 4.74 Å². The van der Waals surface area contributed by atoms with Crippen LogP contribution in [0.4, 0.5) is 5.69 Å². The zero-order chi connectivity index (χ0) is 14.7. The second kappa shape index (κ2) is 6.21. The fraction of sp³-hybridized carbons (Fsp3) is 0.368. The summed E-state index contributed by atoms with van der Waals surface area (Å²) in [7, 11) is 1.73. The maximum Gasteiger partial charge on any atom is 0.119 e. The molecule has 0 spiro atoms. The summed E-state index contributed by atoms with van der Waals surface area (Å²) in [4.78, 5) is 0. The van der Waals surface area contributed by atoms with Crippen LogP contribution >= 0.6 is 0 Å². The molecule has 1 aliphatic rings. The van der Waals surface area contributed by atoms with Crippen LogP contribution in [0.1, 0.15) is 30.0 Å². The first-order chi connectivity index (χ1) is 10.3. The van der Waals surface area contributed by atoms with Crippen LogP contribution in [0.25, 0.3) is 0 Å². The van der Waals surface area contributed by atoms with Crippen LogP contribution in [-0.2, 0) is 19.3 Å². The molecule has 0 fully saturated rings. The predicted octanol–water partition coefficient (Wildman–Crippen LogP) is 4.23. The Kier molecular flexibility index (Phi) is 4.14. The lowest BCUT2D eigenvalue weighted by Crippen LogP contribution is -2.27. The van der Waals surface area contributed by atoms with Crippen LogP contribution in [0.2, 0.25) is 0 Å². The van der Waals surface area contributed by atoms with E-state index in [9.17, 15) is 0 Å². The highest BCUT2D eigenvalue weighted by Gasteiger charge is 2.18. The van der Waals surface area contributed by atoms with E-state index < -0.39 is 0 Å². The van der Waals surface area contributed by atoms with Crippen LogP contribution in [0.3, 0.4) is 0 Å². The van der Waals surface area contributed by atoms with Crippen LogP contribution in [0.5, 0.6) is 5.75 Å². The Hall–Kier alpha value is -1.96. The summed E-state index contributed by atoms with van der Waals surface area (Å²) in [5.74, 6) is 0.960. The van der Waals surface area contributed by atoms with Gasteiger partial charge in [0.25, 0.3) is 0 Å². The van der Waals surface area contributed by atoms with Crippen molar-refractivity contribution >= 4 is 5.69 Å². The van der Waals surface area contributed by atoms with E-state index >= 15 is 0 Å². The molecule has 110 valence electrons. The van der Waals surface area contributed by atoms with Crippen molar-refractivity contribution in [3.63, 3.8) is 0 Å². The minimum atomic E-state index is 0.511. The summed E-state index contributed by atoms with van der Waals surface area (Å²) in [5, 5.41) is 3.67. The maximum atomic E-state index is 5.34. The normalized spacial score (nSPS) is 17.1. The van der Waals surface area contributed by atoms with Crippen LogP contribution < -0.4 is 10.1 Å². The SMILES string of the molecule is CCc1ccc(NC2CCc3ccc(OC)cc3C2)cc1. The van der Waals surface area contributed by atoms with Crippen molar-refractivity contribution in [1.29, 1.82) is 0 Å². The molecule has 2 aromatic carbocycles. The highest BCUT2D eigenvalue weighted by molar-refractivity contribution is 5.47. The van der Waals surface area contributed by atoms with Crippen LogP contribution in [0, 0.1) is 0 Å². The Balaban J connectivity index is 1.70. The summed E-state index contributed by atoms with van der Waals surface area (Å²) >= 11 is 0. The van der Waals surface area contributed by atoms with Gasteiger partial charge < -0.3 is 10.1 Å². The number of aryl methyl sites for hydroxylation is 2. The monoisotopic (exact) mass is 281 g/mol. The second-order valence-electron chi connectivity index (χ2n) is 5.77. The molecule has 3 rings (SSSR count). The molecule has 0 aliphatic heterocycles. The first kappa shape index (κ1) is 14.0. The van der Waals surface area contributed by atoms with E-state index in [2.05, 4.69) is 54.7 Å². The maximum absolute atomic E-state index is 5.34. The fourth-order valence-electron chi connectivity index (χ4n) is 3.06. The summed E-state index contributed by atoms with van der Waals surface area (Å²) in [6, 6.07) is 15.8. The summed E-state index contributed by atoms with van der Waals surface area (Å²) in [6.07, 6.45) is 4.50.